The molecule has 0 bridgehead atoms. The van der Waals surface area contributed by atoms with Crippen molar-refractivity contribution in [1.82, 2.24) is 4.90 Å². The fourth-order valence-electron chi connectivity index (χ4n) is 9.91. The molecule has 0 aromatic carbocycles. The molecule has 5 saturated carbocycles. The normalized spacial score (nSPS) is 45.5. The predicted molar refractivity (Wildman–Crippen MR) is 132 cm³/mol. The molecule has 5 aliphatic rings. The summed E-state index contributed by atoms with van der Waals surface area (Å²) in [5, 5.41) is 0. The summed E-state index contributed by atoms with van der Waals surface area (Å²) in [5.41, 5.74) is 0.269. The topological polar surface area (TPSA) is 72.9 Å². The number of carbonyl (C=O) groups excluding carboxylic acids is 3. The van der Waals surface area contributed by atoms with Gasteiger partial charge in [-0.3, -0.25) is 19.3 Å². The summed E-state index contributed by atoms with van der Waals surface area (Å²) in [4.78, 5) is 38.6. The molecule has 5 aliphatic carbocycles. The number of carbonyl (C=O) groups is 3. The summed E-state index contributed by atoms with van der Waals surface area (Å²) in [7, 11) is 1.76. The number of ketones is 1. The molecule has 0 heterocycles. The molecule has 0 N–H and O–H groups in total. The van der Waals surface area contributed by atoms with Gasteiger partial charge in [0.25, 0.3) is 0 Å². The summed E-state index contributed by atoms with van der Waals surface area (Å²) in [6.07, 6.45) is 10.4. The van der Waals surface area contributed by atoms with Crippen LogP contribution in [0.2, 0.25) is 0 Å². The Morgan fingerprint density at radius 3 is 2.23 bits per heavy atom. The van der Waals surface area contributed by atoms with Gasteiger partial charge in [0.2, 0.25) is 0 Å². The van der Waals surface area contributed by atoms with E-state index in [9.17, 15) is 14.4 Å². The van der Waals surface area contributed by atoms with Crippen LogP contribution < -0.4 is 0 Å². The number of fused-ring (bicyclic) bond motifs is 7. The first kappa shape index (κ1) is 25.2. The zero-order valence-corrected chi connectivity index (χ0v) is 22.4. The summed E-state index contributed by atoms with van der Waals surface area (Å²) in [6.45, 7) is 9.14. The molecule has 0 spiro atoms. The van der Waals surface area contributed by atoms with E-state index in [4.69, 9.17) is 9.47 Å². The van der Waals surface area contributed by atoms with Crippen LogP contribution in [0.15, 0.2) is 0 Å². The van der Waals surface area contributed by atoms with Crippen molar-refractivity contribution < 1.29 is 23.9 Å². The van der Waals surface area contributed by atoms with Crippen molar-refractivity contribution in [2.75, 3.05) is 26.7 Å². The van der Waals surface area contributed by atoms with E-state index in [1.807, 2.05) is 6.92 Å². The van der Waals surface area contributed by atoms with Crippen molar-refractivity contribution >= 4 is 17.7 Å². The average Bonchev–Trinajstić information content (AvgIpc) is 3.36. The number of nitrogens with zero attached hydrogens (tertiary/aromatic N) is 1. The summed E-state index contributed by atoms with van der Waals surface area (Å²) in [6, 6.07) is 0. The number of Topliss-reactive ketones (excluding diaryl/α,β-unsaturated/α-hetero) is 1. The van der Waals surface area contributed by atoms with Crippen molar-refractivity contribution in [3.05, 3.63) is 0 Å². The molecule has 1 unspecified atom stereocenters. The highest BCUT2D eigenvalue weighted by molar-refractivity contribution is 5.79. The monoisotopic (exact) mass is 487 g/mol. The van der Waals surface area contributed by atoms with Crippen molar-refractivity contribution in [2.24, 2.45) is 46.3 Å². The third-order valence-corrected chi connectivity index (χ3v) is 11.5. The van der Waals surface area contributed by atoms with E-state index in [0.29, 0.717) is 35.6 Å². The van der Waals surface area contributed by atoms with Gasteiger partial charge < -0.3 is 9.47 Å². The number of ether oxygens (including phenoxy) is 2. The van der Waals surface area contributed by atoms with Gasteiger partial charge in [0.15, 0.2) is 0 Å². The zero-order valence-electron chi connectivity index (χ0n) is 22.4. The van der Waals surface area contributed by atoms with E-state index in [2.05, 4.69) is 13.8 Å². The Labute approximate surface area is 210 Å². The third-order valence-electron chi connectivity index (χ3n) is 11.5. The Morgan fingerprint density at radius 1 is 0.829 bits per heavy atom. The molecule has 35 heavy (non-hydrogen) atoms. The van der Waals surface area contributed by atoms with Gasteiger partial charge in [-0.05, 0) is 113 Å². The molecule has 196 valence electrons. The zero-order chi connectivity index (χ0) is 25.2. The number of rotatable bonds is 7. The molecular weight excluding hydrogens is 442 g/mol. The molecule has 0 aromatic rings. The second-order valence-electron chi connectivity index (χ2n) is 13.2. The van der Waals surface area contributed by atoms with Crippen LogP contribution >= 0.6 is 0 Å². The summed E-state index contributed by atoms with van der Waals surface area (Å²) in [5.74, 6) is 3.47. The first-order valence-corrected chi connectivity index (χ1v) is 14.1. The molecule has 6 nitrogen and oxygen atoms in total. The summed E-state index contributed by atoms with van der Waals surface area (Å²) < 4.78 is 11.1. The van der Waals surface area contributed by atoms with Gasteiger partial charge in [-0.25, -0.2) is 0 Å². The first-order chi connectivity index (χ1) is 16.5. The first-order valence-electron chi connectivity index (χ1n) is 14.1. The van der Waals surface area contributed by atoms with Gasteiger partial charge >= 0.3 is 11.9 Å². The van der Waals surface area contributed by atoms with Crippen molar-refractivity contribution in [2.45, 2.75) is 91.1 Å². The van der Waals surface area contributed by atoms with E-state index in [-0.39, 0.29) is 42.0 Å². The lowest BCUT2D eigenvalue weighted by molar-refractivity contribution is -0.166. The van der Waals surface area contributed by atoms with E-state index in [1.165, 1.54) is 32.1 Å². The van der Waals surface area contributed by atoms with Gasteiger partial charge in [0, 0.05) is 11.8 Å². The lowest BCUT2D eigenvalue weighted by atomic mass is 9.44. The second kappa shape index (κ2) is 8.85. The van der Waals surface area contributed by atoms with Crippen LogP contribution in [0.3, 0.4) is 0 Å². The van der Waals surface area contributed by atoms with E-state index in [0.717, 1.165) is 37.5 Å². The maximum Gasteiger partial charge on any atom is 0.320 e. The van der Waals surface area contributed by atoms with Crippen molar-refractivity contribution in [3.8, 4) is 0 Å². The molecule has 0 saturated heterocycles. The Bertz CT molecular complexity index is 888. The van der Waals surface area contributed by atoms with Crippen molar-refractivity contribution in [1.29, 1.82) is 0 Å². The molecular formula is C29H45NO5. The minimum absolute atomic E-state index is 0.105. The minimum atomic E-state index is -0.309. The number of esters is 2. The number of likely N-dealkylation sites (N-methyl/N-ethyl adjacent to an activating group) is 1. The Hall–Kier alpha value is -1.43. The van der Waals surface area contributed by atoms with E-state index in [1.54, 1.807) is 18.9 Å². The Kier molecular flexibility index (Phi) is 6.38. The van der Waals surface area contributed by atoms with Gasteiger partial charge in [-0.1, -0.05) is 13.8 Å². The Balaban J connectivity index is 1.22. The van der Waals surface area contributed by atoms with Crippen LogP contribution in [-0.4, -0.2) is 55.0 Å². The molecule has 0 aliphatic heterocycles. The highest BCUT2D eigenvalue weighted by Gasteiger charge is 2.70. The molecule has 5 fully saturated rings. The highest BCUT2D eigenvalue weighted by Crippen LogP contribution is 2.73. The van der Waals surface area contributed by atoms with Crippen LogP contribution in [0.1, 0.15) is 85.5 Å². The fourth-order valence-corrected chi connectivity index (χ4v) is 9.91. The maximum absolute atomic E-state index is 12.8. The average molecular weight is 488 g/mol. The van der Waals surface area contributed by atoms with Gasteiger partial charge in [-0.15, -0.1) is 0 Å². The SMILES string of the molecule is CCOC(=O)CN(C)CC(=O)O[C@]12CC[C@@]3(C)[C@@H](CC[C@@H]4[C@@H]3CC[C@]3(C)[C@@H](C(C)=O)CC[C@@H]43)C1C2. The van der Waals surface area contributed by atoms with Crippen molar-refractivity contribution in [3.63, 3.8) is 0 Å². The summed E-state index contributed by atoms with van der Waals surface area (Å²) >= 11 is 0. The van der Waals surface area contributed by atoms with Crippen LogP contribution in [-0.2, 0) is 23.9 Å². The van der Waals surface area contributed by atoms with Crippen LogP contribution in [0.25, 0.3) is 0 Å². The van der Waals surface area contributed by atoms with Gasteiger partial charge in [-0.2, -0.15) is 0 Å². The molecule has 5 rings (SSSR count). The molecule has 6 heteroatoms. The largest absolute Gasteiger partial charge is 0.465 e. The lowest BCUT2D eigenvalue weighted by Crippen LogP contribution is -2.55. The van der Waals surface area contributed by atoms with E-state index >= 15 is 0 Å². The molecule has 0 aromatic heterocycles. The molecule has 9 atom stereocenters. The van der Waals surface area contributed by atoms with E-state index < -0.39 is 0 Å². The van der Waals surface area contributed by atoms with Gasteiger partial charge in [0.05, 0.1) is 19.7 Å². The predicted octanol–water partition coefficient (Wildman–Crippen LogP) is 4.64. The maximum atomic E-state index is 12.8. The van der Waals surface area contributed by atoms with Crippen LogP contribution in [0, 0.1) is 46.3 Å². The Morgan fingerprint density at radius 2 is 1.51 bits per heavy atom. The van der Waals surface area contributed by atoms with Gasteiger partial charge in [0.1, 0.15) is 11.4 Å². The number of hydrogen-bond acceptors (Lipinski definition) is 6. The number of hydrogen-bond donors (Lipinski definition) is 0. The minimum Gasteiger partial charge on any atom is -0.465 e. The lowest BCUT2D eigenvalue weighted by Gasteiger charge is -2.60. The van der Waals surface area contributed by atoms with Crippen LogP contribution in [0.5, 0.6) is 0 Å². The smallest absolute Gasteiger partial charge is 0.320 e. The molecule has 0 amide bonds. The quantitative estimate of drug-likeness (QED) is 0.487. The third kappa shape index (κ3) is 4.06. The van der Waals surface area contributed by atoms with Crippen LogP contribution in [0.4, 0.5) is 0 Å². The second-order valence-corrected chi connectivity index (χ2v) is 13.2. The highest BCUT2D eigenvalue weighted by atomic mass is 16.6. The molecule has 0 radical (unpaired) electrons. The standard InChI is InChI=1S/C29H45NO5/c1-6-34-25(32)16-30(5)17-26(33)35-29-14-13-28(4)22-11-12-27(3)20(18(2)31)9-10-21(27)19(22)7-8-23(28)24(29)15-29/h19-24H,6-17H2,1-5H3/t19-,20+,21-,22-,23-,24?,27+,28+,29-/m0/s1. The fraction of sp³-hybridized carbons (Fsp3) is 0.897.